The Labute approximate surface area is 121 Å². The van der Waals surface area contributed by atoms with E-state index in [1.165, 1.54) is 24.3 Å². The maximum Gasteiger partial charge on any atom is 0.345 e. The maximum atomic E-state index is 12.0. The highest BCUT2D eigenvalue weighted by atomic mass is 32.2. The van der Waals surface area contributed by atoms with Crippen LogP contribution in [0.25, 0.3) is 0 Å². The summed E-state index contributed by atoms with van der Waals surface area (Å²) in [6, 6.07) is 5.83. The molecule has 8 nitrogen and oxygen atoms in total. The molecule has 1 saturated heterocycles. The van der Waals surface area contributed by atoms with E-state index < -0.39 is 27.5 Å². The van der Waals surface area contributed by atoms with Crippen LogP contribution in [0.15, 0.2) is 24.3 Å². The monoisotopic (exact) mass is 314 g/mol. The Bertz CT molecular complexity index is 684. The summed E-state index contributed by atoms with van der Waals surface area (Å²) in [5, 5.41) is 18.7. The molecule has 1 amide bonds. The largest absolute Gasteiger partial charge is 0.479 e. The van der Waals surface area contributed by atoms with Crippen LogP contribution < -0.4 is 9.62 Å². The molecule has 1 aliphatic heterocycles. The van der Waals surface area contributed by atoms with Gasteiger partial charge in [0, 0.05) is 24.3 Å². The van der Waals surface area contributed by atoms with Gasteiger partial charge in [0.2, 0.25) is 15.6 Å². The molecule has 9 heteroatoms. The van der Waals surface area contributed by atoms with E-state index in [0.717, 1.165) is 11.2 Å². The predicted molar refractivity (Wildman–Crippen MR) is 74.5 cm³/mol. The van der Waals surface area contributed by atoms with E-state index in [1.807, 2.05) is 0 Å². The van der Waals surface area contributed by atoms with Crippen LogP contribution in [0.5, 0.6) is 0 Å². The second-order valence-corrected chi connectivity index (χ2v) is 6.54. The predicted octanol–water partition coefficient (Wildman–Crippen LogP) is -0.389. The van der Waals surface area contributed by atoms with Crippen molar-refractivity contribution >= 4 is 33.3 Å². The van der Waals surface area contributed by atoms with Crippen molar-refractivity contribution in [3.05, 3.63) is 24.3 Å². The zero-order valence-corrected chi connectivity index (χ0v) is 11.9. The number of hydrogen-bond acceptors (Lipinski definition) is 5. The Morgan fingerprint density at radius 2 is 1.90 bits per heavy atom. The molecule has 1 aromatic rings. The highest BCUT2D eigenvalue weighted by Crippen LogP contribution is 2.29. The Morgan fingerprint density at radius 1 is 1.33 bits per heavy atom. The third kappa shape index (κ3) is 2.98. The minimum Gasteiger partial charge on any atom is -0.479 e. The number of sulfonamides is 1. The first-order valence-electron chi connectivity index (χ1n) is 5.99. The first-order chi connectivity index (χ1) is 9.63. The molecule has 1 unspecified atom stereocenters. The fraction of sp³-hybridized carbons (Fsp3) is 0.333. The van der Waals surface area contributed by atoms with Crippen molar-refractivity contribution in [3.63, 3.8) is 0 Å². The number of anilines is 2. The number of carbonyl (C=O) groups is 2. The lowest BCUT2D eigenvalue weighted by Crippen LogP contribution is -2.46. The molecule has 2 rings (SSSR count). The van der Waals surface area contributed by atoms with Gasteiger partial charge in [-0.25, -0.2) is 13.2 Å². The zero-order chi connectivity index (χ0) is 15.8. The third-order valence-corrected chi connectivity index (χ3v) is 3.74. The number of aliphatic carboxylic acids is 1. The average Bonchev–Trinajstić information content (AvgIpc) is 2.67. The van der Waals surface area contributed by atoms with Gasteiger partial charge in [0.1, 0.15) is 0 Å². The Morgan fingerprint density at radius 3 is 2.33 bits per heavy atom. The minimum atomic E-state index is -3.40. The first-order valence-corrected chi connectivity index (χ1v) is 7.88. The molecule has 0 spiro atoms. The number of carbonyl (C=O) groups excluding carboxylic acids is 1. The van der Waals surface area contributed by atoms with E-state index >= 15 is 0 Å². The number of carboxylic acid groups (broad SMARTS) is 1. The number of carboxylic acids is 1. The Balaban J connectivity index is 2.21. The van der Waals surface area contributed by atoms with Gasteiger partial charge in [0.25, 0.3) is 5.91 Å². The van der Waals surface area contributed by atoms with Crippen LogP contribution in [0.1, 0.15) is 6.42 Å². The van der Waals surface area contributed by atoms with Gasteiger partial charge < -0.3 is 15.1 Å². The second kappa shape index (κ2) is 5.01. The average molecular weight is 314 g/mol. The van der Waals surface area contributed by atoms with Crippen LogP contribution >= 0.6 is 0 Å². The van der Waals surface area contributed by atoms with Crippen LogP contribution in [-0.4, -0.2) is 48.9 Å². The summed E-state index contributed by atoms with van der Waals surface area (Å²) in [5.41, 5.74) is -1.69. The van der Waals surface area contributed by atoms with Crippen LogP contribution in [0.4, 0.5) is 11.4 Å². The van der Waals surface area contributed by atoms with E-state index in [1.54, 1.807) is 0 Å². The number of rotatable bonds is 4. The molecule has 0 radical (unpaired) electrons. The van der Waals surface area contributed by atoms with Crippen LogP contribution in [-0.2, 0) is 19.6 Å². The van der Waals surface area contributed by atoms with Gasteiger partial charge in [-0.2, -0.15) is 0 Å². The fourth-order valence-corrected chi connectivity index (χ4v) is 2.64. The summed E-state index contributed by atoms with van der Waals surface area (Å²) in [5.74, 6) is -2.48. The summed E-state index contributed by atoms with van der Waals surface area (Å²) >= 11 is 0. The van der Waals surface area contributed by atoms with Crippen molar-refractivity contribution in [2.45, 2.75) is 12.0 Å². The Kier molecular flexibility index (Phi) is 3.64. The lowest BCUT2D eigenvalue weighted by molar-refractivity contribution is -0.162. The molecule has 1 aliphatic rings. The maximum absolute atomic E-state index is 12.0. The van der Waals surface area contributed by atoms with Crippen LogP contribution in [0.3, 0.4) is 0 Å². The van der Waals surface area contributed by atoms with Gasteiger partial charge in [0.15, 0.2) is 0 Å². The van der Waals surface area contributed by atoms with Gasteiger partial charge in [-0.1, -0.05) is 0 Å². The van der Waals surface area contributed by atoms with Crippen molar-refractivity contribution < 1.29 is 28.2 Å². The smallest absolute Gasteiger partial charge is 0.345 e. The summed E-state index contributed by atoms with van der Waals surface area (Å²) in [7, 11) is -3.40. The van der Waals surface area contributed by atoms with E-state index in [-0.39, 0.29) is 13.0 Å². The molecule has 3 N–H and O–H groups in total. The highest BCUT2D eigenvalue weighted by Gasteiger charge is 2.52. The number of benzene rings is 1. The van der Waals surface area contributed by atoms with Gasteiger partial charge in [-0.15, -0.1) is 0 Å². The number of nitrogens with zero attached hydrogens (tertiary/aromatic N) is 1. The van der Waals surface area contributed by atoms with Gasteiger partial charge in [0.05, 0.1) is 6.26 Å². The third-order valence-electron chi connectivity index (χ3n) is 3.13. The van der Waals surface area contributed by atoms with Crippen molar-refractivity contribution in [2.75, 3.05) is 22.4 Å². The van der Waals surface area contributed by atoms with E-state index in [0.29, 0.717) is 11.4 Å². The van der Waals surface area contributed by atoms with Crippen molar-refractivity contribution in [1.82, 2.24) is 0 Å². The summed E-state index contributed by atoms with van der Waals surface area (Å²) in [4.78, 5) is 24.1. The zero-order valence-electron chi connectivity index (χ0n) is 11.1. The minimum absolute atomic E-state index is 0.0699. The molecule has 0 saturated carbocycles. The quantitative estimate of drug-likeness (QED) is 0.650. The molecule has 1 fully saturated rings. The molecule has 1 aromatic carbocycles. The highest BCUT2D eigenvalue weighted by molar-refractivity contribution is 7.92. The Hall–Kier alpha value is -2.13. The lowest BCUT2D eigenvalue weighted by Gasteiger charge is -2.19. The molecule has 114 valence electrons. The van der Waals surface area contributed by atoms with Gasteiger partial charge >= 0.3 is 5.97 Å². The van der Waals surface area contributed by atoms with E-state index in [4.69, 9.17) is 5.11 Å². The number of amides is 1. The first kappa shape index (κ1) is 15.3. The molecule has 21 heavy (non-hydrogen) atoms. The molecule has 0 bridgehead atoms. The fourth-order valence-electron chi connectivity index (χ4n) is 2.07. The SMILES string of the molecule is CS(=O)(=O)Nc1ccc(N2CCC(O)(C(=O)O)C2=O)cc1. The van der Waals surface area contributed by atoms with Crippen molar-refractivity contribution in [3.8, 4) is 0 Å². The molecular weight excluding hydrogens is 300 g/mol. The normalized spacial score (nSPS) is 22.4. The summed E-state index contributed by atoms with van der Waals surface area (Å²) in [6.07, 6.45) is 0.808. The topological polar surface area (TPSA) is 124 Å². The number of hydrogen-bond donors (Lipinski definition) is 3. The standard InChI is InChI=1S/C12H14N2O6S/c1-21(19,20)13-8-2-4-9(5-3-8)14-7-6-12(18,10(14)15)11(16)17/h2-5,13,18H,6-7H2,1H3,(H,16,17). The molecular formula is C12H14N2O6S. The molecule has 0 aromatic heterocycles. The van der Waals surface area contributed by atoms with Crippen molar-refractivity contribution in [1.29, 1.82) is 0 Å². The van der Waals surface area contributed by atoms with E-state index in [2.05, 4.69) is 4.72 Å². The van der Waals surface area contributed by atoms with E-state index in [9.17, 15) is 23.1 Å². The van der Waals surface area contributed by atoms with Gasteiger partial charge in [-0.05, 0) is 24.3 Å². The lowest BCUT2D eigenvalue weighted by atomic mass is 10.0. The van der Waals surface area contributed by atoms with Crippen LogP contribution in [0, 0.1) is 0 Å². The van der Waals surface area contributed by atoms with Crippen LogP contribution in [0.2, 0.25) is 0 Å². The van der Waals surface area contributed by atoms with Crippen molar-refractivity contribution in [2.24, 2.45) is 0 Å². The number of aliphatic hydroxyl groups is 1. The molecule has 1 atom stereocenters. The molecule has 0 aliphatic carbocycles. The number of nitrogens with one attached hydrogen (secondary N) is 1. The molecule has 1 heterocycles. The summed E-state index contributed by atoms with van der Waals surface area (Å²) in [6.45, 7) is 0.0699. The summed E-state index contributed by atoms with van der Waals surface area (Å²) < 4.78 is 24.4. The van der Waals surface area contributed by atoms with Gasteiger partial charge in [-0.3, -0.25) is 9.52 Å². The second-order valence-electron chi connectivity index (χ2n) is 4.79.